The van der Waals surface area contributed by atoms with Crippen molar-refractivity contribution in [3.63, 3.8) is 0 Å². The van der Waals surface area contributed by atoms with Crippen molar-refractivity contribution in [1.29, 1.82) is 0 Å². The second-order valence-electron chi connectivity index (χ2n) is 4.33. The first-order chi connectivity index (χ1) is 8.74. The molecule has 0 unspecified atom stereocenters. The number of rotatable bonds is 2. The number of nitrogens with two attached hydrogens (primary N) is 1. The third-order valence-corrected chi connectivity index (χ3v) is 3.05. The second-order valence-corrected chi connectivity index (χ2v) is 4.33. The summed E-state index contributed by atoms with van der Waals surface area (Å²) in [5, 5.41) is 3.93. The number of aromatic nitrogens is 2. The molecule has 1 aromatic carbocycles. The number of hydrogen-bond acceptors (Lipinski definition) is 5. The van der Waals surface area contributed by atoms with Crippen LogP contribution in [0.25, 0.3) is 11.5 Å². The minimum atomic E-state index is -0.379. The highest BCUT2D eigenvalue weighted by Gasteiger charge is 2.19. The van der Waals surface area contributed by atoms with E-state index in [0.29, 0.717) is 23.1 Å². The maximum absolute atomic E-state index is 13.0. The largest absolute Gasteiger partial charge is 0.398 e. The van der Waals surface area contributed by atoms with Crippen molar-refractivity contribution in [2.24, 2.45) is 0 Å². The topological polar surface area (TPSA) is 68.2 Å². The molecule has 1 saturated heterocycles. The second kappa shape index (κ2) is 4.29. The lowest BCUT2D eigenvalue weighted by atomic mass is 10.2. The molecule has 2 N–H and O–H groups in total. The van der Waals surface area contributed by atoms with Gasteiger partial charge in [0.25, 0.3) is 11.8 Å². The summed E-state index contributed by atoms with van der Waals surface area (Å²) < 4.78 is 18.1. The summed E-state index contributed by atoms with van der Waals surface area (Å²) in [6, 6.07) is 4.12. The van der Waals surface area contributed by atoms with E-state index in [1.54, 1.807) is 6.07 Å². The molecule has 3 rings (SSSR count). The Bertz CT molecular complexity index is 563. The molecule has 5 nitrogen and oxygen atoms in total. The first kappa shape index (κ1) is 11.0. The van der Waals surface area contributed by atoms with Crippen molar-refractivity contribution in [1.82, 2.24) is 10.1 Å². The average molecular weight is 248 g/mol. The van der Waals surface area contributed by atoms with Gasteiger partial charge >= 0.3 is 0 Å². The molecule has 0 saturated carbocycles. The van der Waals surface area contributed by atoms with E-state index in [1.165, 1.54) is 12.1 Å². The molecule has 1 aliphatic heterocycles. The molecule has 6 heteroatoms. The molecule has 0 radical (unpaired) electrons. The number of benzene rings is 1. The summed E-state index contributed by atoms with van der Waals surface area (Å²) >= 11 is 0. The van der Waals surface area contributed by atoms with Gasteiger partial charge < -0.3 is 15.2 Å². The van der Waals surface area contributed by atoms with Crippen LogP contribution in [0.15, 0.2) is 22.7 Å². The fourth-order valence-electron chi connectivity index (χ4n) is 2.10. The van der Waals surface area contributed by atoms with E-state index in [-0.39, 0.29) is 5.82 Å². The van der Waals surface area contributed by atoms with Gasteiger partial charge in [-0.25, -0.2) is 4.39 Å². The monoisotopic (exact) mass is 248 g/mol. The molecule has 94 valence electrons. The van der Waals surface area contributed by atoms with Crippen molar-refractivity contribution in [2.75, 3.05) is 23.7 Å². The van der Waals surface area contributed by atoms with Crippen molar-refractivity contribution in [2.45, 2.75) is 12.8 Å². The Labute approximate surface area is 103 Å². The van der Waals surface area contributed by atoms with Gasteiger partial charge in [-0.05, 0) is 36.2 Å². The van der Waals surface area contributed by atoms with Gasteiger partial charge in [-0.2, -0.15) is 4.98 Å². The molecule has 1 aliphatic rings. The van der Waals surface area contributed by atoms with Crippen LogP contribution in [0.3, 0.4) is 0 Å². The van der Waals surface area contributed by atoms with Gasteiger partial charge in [0.2, 0.25) is 0 Å². The van der Waals surface area contributed by atoms with Crippen LogP contribution in [-0.4, -0.2) is 23.2 Å². The van der Waals surface area contributed by atoms with E-state index < -0.39 is 0 Å². The van der Waals surface area contributed by atoms with Crippen LogP contribution >= 0.6 is 0 Å². The zero-order valence-electron chi connectivity index (χ0n) is 9.77. The summed E-state index contributed by atoms with van der Waals surface area (Å²) in [6.07, 6.45) is 2.28. The van der Waals surface area contributed by atoms with Gasteiger partial charge in [-0.15, -0.1) is 0 Å². The van der Waals surface area contributed by atoms with Crippen LogP contribution in [0.2, 0.25) is 0 Å². The molecule has 0 amide bonds. The number of nitrogens with zero attached hydrogens (tertiary/aromatic N) is 3. The van der Waals surface area contributed by atoms with Gasteiger partial charge in [0.05, 0.1) is 5.56 Å². The van der Waals surface area contributed by atoms with E-state index in [2.05, 4.69) is 15.0 Å². The van der Waals surface area contributed by atoms with E-state index >= 15 is 0 Å². The summed E-state index contributed by atoms with van der Waals surface area (Å²) in [6.45, 7) is 1.88. The molecular formula is C12H13FN4O. The smallest absolute Gasteiger partial charge is 0.266 e. The highest BCUT2D eigenvalue weighted by Crippen LogP contribution is 2.27. The Morgan fingerprint density at radius 1 is 1.28 bits per heavy atom. The first-order valence-electron chi connectivity index (χ1n) is 5.88. The van der Waals surface area contributed by atoms with E-state index in [9.17, 15) is 4.39 Å². The molecular weight excluding hydrogens is 235 g/mol. The predicted molar refractivity (Wildman–Crippen MR) is 65.6 cm³/mol. The SMILES string of the molecule is Nc1cc(F)ccc1-c1nc(N2CCCC2)no1. The summed E-state index contributed by atoms with van der Waals surface area (Å²) in [7, 11) is 0. The normalized spacial score (nSPS) is 15.3. The number of nitrogen functional groups attached to an aromatic ring is 1. The van der Waals surface area contributed by atoms with E-state index in [4.69, 9.17) is 10.3 Å². The molecule has 2 heterocycles. The molecule has 0 aliphatic carbocycles. The van der Waals surface area contributed by atoms with E-state index in [0.717, 1.165) is 25.9 Å². The van der Waals surface area contributed by atoms with Gasteiger partial charge in [0.1, 0.15) is 5.82 Å². The Morgan fingerprint density at radius 3 is 2.78 bits per heavy atom. The Hall–Kier alpha value is -2.11. The van der Waals surface area contributed by atoms with Crippen molar-refractivity contribution in [3.8, 4) is 11.5 Å². The van der Waals surface area contributed by atoms with Crippen LogP contribution in [0.1, 0.15) is 12.8 Å². The Balaban J connectivity index is 1.92. The molecule has 1 fully saturated rings. The number of hydrogen-bond donors (Lipinski definition) is 1. The summed E-state index contributed by atoms with van der Waals surface area (Å²) in [5.74, 6) is 0.524. The lowest BCUT2D eigenvalue weighted by Crippen LogP contribution is -2.18. The summed E-state index contributed by atoms with van der Waals surface area (Å²) in [4.78, 5) is 6.36. The zero-order valence-corrected chi connectivity index (χ0v) is 9.77. The van der Waals surface area contributed by atoms with Crippen LogP contribution in [0.5, 0.6) is 0 Å². The third kappa shape index (κ3) is 1.90. The standard InChI is InChI=1S/C12H13FN4O/c13-8-3-4-9(10(14)7-8)11-15-12(16-18-11)17-5-1-2-6-17/h3-4,7H,1-2,5-6,14H2. The number of anilines is 2. The Morgan fingerprint density at radius 2 is 2.06 bits per heavy atom. The maximum Gasteiger partial charge on any atom is 0.266 e. The molecule has 18 heavy (non-hydrogen) atoms. The minimum Gasteiger partial charge on any atom is -0.398 e. The molecule has 0 atom stereocenters. The average Bonchev–Trinajstić information content (AvgIpc) is 2.99. The molecule has 0 bridgehead atoms. The van der Waals surface area contributed by atoms with Gasteiger partial charge in [0, 0.05) is 18.8 Å². The number of halogens is 1. The van der Waals surface area contributed by atoms with Crippen LogP contribution < -0.4 is 10.6 Å². The van der Waals surface area contributed by atoms with Crippen molar-refractivity contribution >= 4 is 11.6 Å². The highest BCUT2D eigenvalue weighted by molar-refractivity contribution is 5.70. The molecule has 2 aromatic rings. The minimum absolute atomic E-state index is 0.298. The lowest BCUT2D eigenvalue weighted by molar-refractivity contribution is 0.430. The van der Waals surface area contributed by atoms with E-state index in [1.807, 2.05) is 0 Å². The predicted octanol–water partition coefficient (Wildman–Crippen LogP) is 2.06. The van der Waals surface area contributed by atoms with Crippen molar-refractivity contribution < 1.29 is 8.91 Å². The van der Waals surface area contributed by atoms with Crippen molar-refractivity contribution in [3.05, 3.63) is 24.0 Å². The van der Waals surface area contributed by atoms with Crippen LogP contribution in [0.4, 0.5) is 16.0 Å². The molecule has 1 aromatic heterocycles. The third-order valence-electron chi connectivity index (χ3n) is 3.05. The maximum atomic E-state index is 13.0. The van der Waals surface area contributed by atoms with Gasteiger partial charge in [0.15, 0.2) is 0 Å². The van der Waals surface area contributed by atoms with Crippen LogP contribution in [0, 0.1) is 5.82 Å². The van der Waals surface area contributed by atoms with Crippen LogP contribution in [-0.2, 0) is 0 Å². The fourth-order valence-corrected chi connectivity index (χ4v) is 2.10. The summed E-state index contributed by atoms with van der Waals surface area (Å²) in [5.41, 5.74) is 6.60. The zero-order chi connectivity index (χ0) is 12.5. The van der Waals surface area contributed by atoms with Gasteiger partial charge in [-0.3, -0.25) is 0 Å². The van der Waals surface area contributed by atoms with Gasteiger partial charge in [-0.1, -0.05) is 0 Å². The lowest BCUT2D eigenvalue weighted by Gasteiger charge is -2.09. The Kier molecular flexibility index (Phi) is 2.62. The fraction of sp³-hybridized carbons (Fsp3) is 0.333. The molecule has 0 spiro atoms. The highest BCUT2D eigenvalue weighted by atomic mass is 19.1. The quantitative estimate of drug-likeness (QED) is 0.824. The first-order valence-corrected chi connectivity index (χ1v) is 5.88.